The molecule has 3 heterocycles. The van der Waals surface area contributed by atoms with E-state index >= 15 is 0 Å². The van der Waals surface area contributed by atoms with Gasteiger partial charge < -0.3 is 76.9 Å². The first-order valence-corrected chi connectivity index (χ1v) is 20.5. The van der Waals surface area contributed by atoms with E-state index in [1.807, 2.05) is 0 Å². The number of nitrogens with one attached hydrogen (secondary N) is 2. The van der Waals surface area contributed by atoms with Gasteiger partial charge in [-0.3, -0.25) is 62.3 Å². The van der Waals surface area contributed by atoms with Crippen molar-refractivity contribution in [2.24, 2.45) is 0 Å². The molecule has 0 spiro atoms. The van der Waals surface area contributed by atoms with E-state index in [0.29, 0.717) is 0 Å². The average Bonchev–Trinajstić information content (AvgIpc) is 3.18. The molecular formula is C40H52N2O27. The normalized spacial score (nSPS) is 30.4. The Bertz CT molecular complexity index is 2020. The number of esters is 11. The first kappa shape index (κ1) is 56.3. The summed E-state index contributed by atoms with van der Waals surface area (Å²) in [5, 5.41) is 4.53. The fourth-order valence-electron chi connectivity index (χ4n) is 7.17. The number of carbonyl (C=O) groups excluding carboxylic acids is 13. The van der Waals surface area contributed by atoms with Crippen LogP contribution in [0, 0.1) is 0 Å². The number of carbonyl (C=O) groups is 13. The van der Waals surface area contributed by atoms with E-state index < -0.39 is 176 Å². The molecule has 3 saturated heterocycles. The van der Waals surface area contributed by atoms with E-state index in [1.165, 1.54) is 0 Å². The third-order valence-electron chi connectivity index (χ3n) is 9.20. The molecule has 0 radical (unpaired) electrons. The third-order valence-corrected chi connectivity index (χ3v) is 9.20. The van der Waals surface area contributed by atoms with Crippen molar-refractivity contribution in [3.8, 4) is 0 Å². The molecule has 0 aliphatic carbocycles. The molecular weight excluding hydrogens is 940 g/mol. The fraction of sp³-hybridized carbons (Fsp3) is 0.675. The first-order chi connectivity index (χ1) is 32.1. The second-order valence-electron chi connectivity index (χ2n) is 15.1. The zero-order valence-electron chi connectivity index (χ0n) is 38.9. The van der Waals surface area contributed by atoms with Crippen LogP contribution < -0.4 is 10.6 Å². The van der Waals surface area contributed by atoms with E-state index in [1.54, 1.807) is 0 Å². The molecule has 2 amide bonds. The van der Waals surface area contributed by atoms with Gasteiger partial charge >= 0.3 is 65.7 Å². The summed E-state index contributed by atoms with van der Waals surface area (Å²) >= 11 is 0. The zero-order chi connectivity index (χ0) is 52.2. The van der Waals surface area contributed by atoms with E-state index in [9.17, 15) is 62.3 Å². The van der Waals surface area contributed by atoms with Crippen LogP contribution in [0.5, 0.6) is 0 Å². The summed E-state index contributed by atoms with van der Waals surface area (Å²) < 4.78 is 75.9. The summed E-state index contributed by atoms with van der Waals surface area (Å²) in [6, 6.07) is 0. The monoisotopic (exact) mass is 992 g/mol. The van der Waals surface area contributed by atoms with E-state index in [0.717, 1.165) is 76.2 Å². The van der Waals surface area contributed by atoms with Crippen molar-refractivity contribution in [1.82, 2.24) is 10.6 Å². The quantitative estimate of drug-likeness (QED) is 0.114. The van der Waals surface area contributed by atoms with Crippen molar-refractivity contribution in [1.29, 1.82) is 0 Å². The second-order valence-corrected chi connectivity index (χ2v) is 15.1. The minimum absolute atomic E-state index is 0.733. The predicted molar refractivity (Wildman–Crippen MR) is 211 cm³/mol. The van der Waals surface area contributed by atoms with Gasteiger partial charge in [0.25, 0.3) is 11.8 Å². The summed E-state index contributed by atoms with van der Waals surface area (Å²) in [6.07, 6.45) is -30.1. The summed E-state index contributed by atoms with van der Waals surface area (Å²) in [4.78, 5) is 165. The van der Waals surface area contributed by atoms with Crippen molar-refractivity contribution in [3.05, 3.63) is 0 Å². The number of hydrogen-bond donors (Lipinski definition) is 2. The van der Waals surface area contributed by atoms with Crippen molar-refractivity contribution in [2.75, 3.05) is 6.61 Å². The molecule has 29 heteroatoms. The Kier molecular flexibility index (Phi) is 20.3. The molecule has 0 saturated carbocycles. The SMILES string of the molecule is CC(=O)OC[C@H]1O[C@@H](NC(=O)[C@H]2O[C@@H](NC(=O)[C@H]3O[C@@H](OC(C)=O)[C@H](OC(C)=O)[C@@H](OC(C)=O)[C@@H]3OC(C)=O)[C@H](OC(C)=O)[C@@H](OC(C)=O)[C@@H]2OC(C)=O)[C@H](OC(C)=O)[C@@H](OC(C)=O)[C@@H]1OC(C)=O. The highest BCUT2D eigenvalue weighted by atomic mass is 16.7. The minimum atomic E-state index is -2.32. The molecule has 384 valence electrons. The lowest BCUT2D eigenvalue weighted by Gasteiger charge is -2.47. The maximum absolute atomic E-state index is 14.6. The van der Waals surface area contributed by atoms with Gasteiger partial charge in [0.1, 0.15) is 12.7 Å². The molecule has 3 rings (SSSR count). The van der Waals surface area contributed by atoms with E-state index in [-0.39, 0.29) is 0 Å². The number of rotatable bonds is 16. The Morgan fingerprint density at radius 2 is 0.609 bits per heavy atom. The molecule has 29 nitrogen and oxygen atoms in total. The van der Waals surface area contributed by atoms with E-state index in [2.05, 4.69) is 10.6 Å². The van der Waals surface area contributed by atoms with Crippen LogP contribution in [0.1, 0.15) is 76.2 Å². The molecule has 3 fully saturated rings. The standard InChI is InChI=1S/C40H52N2O27/c1-13(43)56-12-24-25(57-14(2)44)26(58-15(3)45)33(63-20(8)50)38(67-24)41-36(54)31-27(59-16(4)46)29(61-18(6)48)34(64-21(9)51)39(68-31)42-37(55)32-28(60-17(5)47)30(62-19(7)49)35(65-22(10)52)40(69-32)66-23(11)53/h24-35,38-40H,12H2,1-11H3,(H,41,54)(H,42,55)/t24-,25-,26+,27+,28+,29+,30+,31+,32+,33-,34-,35-,38-,39-,40-/m1/s1. The summed E-state index contributed by atoms with van der Waals surface area (Å²) in [5.74, 6) is -14.7. The molecule has 0 aromatic carbocycles. The summed E-state index contributed by atoms with van der Waals surface area (Å²) in [7, 11) is 0. The van der Waals surface area contributed by atoms with Crippen LogP contribution in [-0.4, -0.2) is 176 Å². The Labute approximate surface area is 391 Å². The van der Waals surface area contributed by atoms with Gasteiger partial charge in [-0.2, -0.15) is 0 Å². The van der Waals surface area contributed by atoms with Gasteiger partial charge in [-0.25, -0.2) is 0 Å². The number of hydrogen-bond acceptors (Lipinski definition) is 27. The second kappa shape index (κ2) is 24.8. The van der Waals surface area contributed by atoms with Gasteiger partial charge in [-0.15, -0.1) is 0 Å². The molecule has 3 aliphatic heterocycles. The number of ether oxygens (including phenoxy) is 14. The van der Waals surface area contributed by atoms with Crippen LogP contribution in [0.3, 0.4) is 0 Å². The summed E-state index contributed by atoms with van der Waals surface area (Å²) in [5.41, 5.74) is 0. The lowest BCUT2D eigenvalue weighted by molar-refractivity contribution is -0.292. The average molecular weight is 993 g/mol. The van der Waals surface area contributed by atoms with Crippen molar-refractivity contribution in [2.45, 2.75) is 168 Å². The predicted octanol–water partition coefficient (Wildman–Crippen LogP) is -3.09. The van der Waals surface area contributed by atoms with Gasteiger partial charge in [0, 0.05) is 76.2 Å². The highest BCUT2D eigenvalue weighted by Crippen LogP contribution is 2.34. The zero-order valence-corrected chi connectivity index (χ0v) is 38.9. The maximum Gasteiger partial charge on any atom is 0.305 e. The minimum Gasteiger partial charge on any atom is -0.463 e. The largest absolute Gasteiger partial charge is 0.463 e. The van der Waals surface area contributed by atoms with Crippen LogP contribution in [0.15, 0.2) is 0 Å². The van der Waals surface area contributed by atoms with Crippen LogP contribution in [0.25, 0.3) is 0 Å². The molecule has 2 N–H and O–H groups in total. The maximum atomic E-state index is 14.6. The highest BCUT2D eigenvalue weighted by Gasteiger charge is 2.60. The molecule has 0 bridgehead atoms. The molecule has 0 aromatic rings. The van der Waals surface area contributed by atoms with Gasteiger partial charge in [-0.1, -0.05) is 0 Å². The lowest BCUT2D eigenvalue weighted by atomic mass is 9.94. The lowest BCUT2D eigenvalue weighted by Crippen LogP contribution is -2.71. The third kappa shape index (κ3) is 16.3. The van der Waals surface area contributed by atoms with Crippen molar-refractivity contribution in [3.63, 3.8) is 0 Å². The Morgan fingerprint density at radius 3 is 0.986 bits per heavy atom. The van der Waals surface area contributed by atoms with E-state index in [4.69, 9.17) is 66.3 Å². The van der Waals surface area contributed by atoms with Crippen molar-refractivity contribution < 1.29 is 129 Å². The van der Waals surface area contributed by atoms with Crippen LogP contribution in [0.4, 0.5) is 0 Å². The Morgan fingerprint density at radius 1 is 0.319 bits per heavy atom. The van der Waals surface area contributed by atoms with Gasteiger partial charge in [0.2, 0.25) is 12.4 Å². The highest BCUT2D eigenvalue weighted by molar-refractivity contribution is 5.85. The molecule has 0 unspecified atom stereocenters. The first-order valence-electron chi connectivity index (χ1n) is 20.5. The summed E-state index contributed by atoms with van der Waals surface area (Å²) in [6.45, 7) is 9.21. The fourth-order valence-corrected chi connectivity index (χ4v) is 7.17. The van der Waals surface area contributed by atoms with Gasteiger partial charge in [-0.05, 0) is 0 Å². The Hall–Kier alpha value is -7.01. The number of amides is 2. The molecule has 69 heavy (non-hydrogen) atoms. The Balaban J connectivity index is 2.24. The topological polar surface area (TPSA) is 375 Å². The van der Waals surface area contributed by atoms with Crippen LogP contribution in [-0.2, 0) is 129 Å². The molecule has 3 aliphatic rings. The van der Waals surface area contributed by atoms with Crippen LogP contribution >= 0.6 is 0 Å². The van der Waals surface area contributed by atoms with Gasteiger partial charge in [0.15, 0.2) is 73.5 Å². The molecule has 15 atom stereocenters. The smallest absolute Gasteiger partial charge is 0.305 e. The molecule has 0 aromatic heterocycles. The van der Waals surface area contributed by atoms with Crippen molar-refractivity contribution >= 4 is 77.5 Å². The van der Waals surface area contributed by atoms with Gasteiger partial charge in [0.05, 0.1) is 0 Å². The van der Waals surface area contributed by atoms with Crippen LogP contribution in [0.2, 0.25) is 0 Å².